The first kappa shape index (κ1) is 20.1. The van der Waals surface area contributed by atoms with Gasteiger partial charge in [-0.1, -0.05) is 43.7 Å². The number of amides is 1. The minimum atomic E-state index is -0.144. The van der Waals surface area contributed by atoms with Gasteiger partial charge in [-0.15, -0.1) is 11.3 Å². The maximum atomic E-state index is 12.6. The normalized spacial score (nSPS) is 10.8. The van der Waals surface area contributed by atoms with E-state index in [1.807, 2.05) is 54.6 Å². The number of unbranched alkanes of at least 4 members (excludes halogenated alkanes) is 1. The summed E-state index contributed by atoms with van der Waals surface area (Å²) in [5.41, 5.74) is 3.56. The van der Waals surface area contributed by atoms with Crippen LogP contribution in [-0.4, -0.2) is 17.5 Å². The Morgan fingerprint density at radius 1 is 1.03 bits per heavy atom. The van der Waals surface area contributed by atoms with E-state index in [0.717, 1.165) is 41.2 Å². The second-order valence-corrected chi connectivity index (χ2v) is 8.25. The van der Waals surface area contributed by atoms with Crippen molar-refractivity contribution in [1.29, 1.82) is 0 Å². The second kappa shape index (κ2) is 9.55. The Bertz CT molecular complexity index is 1100. The number of nitrogens with zero attached hydrogens (tertiary/aromatic N) is 1. The molecule has 0 spiro atoms. The van der Waals surface area contributed by atoms with Crippen LogP contribution in [-0.2, 0) is 6.42 Å². The first-order valence-electron chi connectivity index (χ1n) is 10.2. The molecule has 0 aliphatic carbocycles. The van der Waals surface area contributed by atoms with E-state index in [2.05, 4.69) is 18.3 Å². The van der Waals surface area contributed by atoms with Gasteiger partial charge in [0.05, 0.1) is 21.8 Å². The van der Waals surface area contributed by atoms with Gasteiger partial charge in [-0.25, -0.2) is 4.98 Å². The van der Waals surface area contributed by atoms with Crippen molar-refractivity contribution in [2.75, 3.05) is 11.9 Å². The summed E-state index contributed by atoms with van der Waals surface area (Å²) in [6, 6.07) is 23.4. The molecule has 4 aromatic rings. The topological polar surface area (TPSA) is 51.2 Å². The summed E-state index contributed by atoms with van der Waals surface area (Å²) in [6.45, 7) is 2.79. The third kappa shape index (κ3) is 5.05. The highest BCUT2D eigenvalue weighted by Crippen LogP contribution is 2.24. The van der Waals surface area contributed by atoms with Crippen molar-refractivity contribution in [2.45, 2.75) is 26.2 Å². The molecule has 0 unspecified atom stereocenters. The maximum Gasteiger partial charge on any atom is 0.255 e. The molecule has 0 aliphatic heterocycles. The zero-order valence-corrected chi connectivity index (χ0v) is 17.7. The number of fused-ring (bicyclic) bond motifs is 1. The Balaban J connectivity index is 1.38. The molecule has 5 heteroatoms. The first-order valence-corrected chi connectivity index (χ1v) is 11.0. The van der Waals surface area contributed by atoms with Crippen LogP contribution in [0.5, 0.6) is 5.75 Å². The zero-order valence-electron chi connectivity index (χ0n) is 16.9. The van der Waals surface area contributed by atoms with Crippen molar-refractivity contribution < 1.29 is 9.53 Å². The molecule has 1 aromatic heterocycles. The number of nitrogens with one attached hydrogen (secondary N) is 1. The number of carbonyl (C=O) groups is 1. The van der Waals surface area contributed by atoms with Crippen molar-refractivity contribution >= 4 is 33.1 Å². The quantitative estimate of drug-likeness (QED) is 0.342. The number of rotatable bonds is 8. The molecule has 0 bridgehead atoms. The first-order chi connectivity index (χ1) is 14.7. The molecule has 0 saturated carbocycles. The van der Waals surface area contributed by atoms with Crippen LogP contribution < -0.4 is 10.1 Å². The van der Waals surface area contributed by atoms with Gasteiger partial charge in [0.15, 0.2) is 0 Å². The SMILES string of the molecule is CCCCOc1cccc(C(=O)Nc2ccc(Cc3nc4ccccc4s3)cc2)c1. The van der Waals surface area contributed by atoms with Gasteiger partial charge in [0.25, 0.3) is 5.91 Å². The summed E-state index contributed by atoms with van der Waals surface area (Å²) in [5, 5.41) is 4.05. The van der Waals surface area contributed by atoms with Crippen LogP contribution in [0.4, 0.5) is 5.69 Å². The lowest BCUT2D eigenvalue weighted by Crippen LogP contribution is -2.12. The van der Waals surface area contributed by atoms with Gasteiger partial charge in [0.2, 0.25) is 0 Å². The van der Waals surface area contributed by atoms with Gasteiger partial charge in [-0.3, -0.25) is 4.79 Å². The number of para-hydroxylation sites is 1. The summed E-state index contributed by atoms with van der Waals surface area (Å²) in [7, 11) is 0. The number of aromatic nitrogens is 1. The Kier molecular flexibility index (Phi) is 6.40. The fourth-order valence-corrected chi connectivity index (χ4v) is 4.14. The molecule has 152 valence electrons. The fourth-order valence-electron chi connectivity index (χ4n) is 3.14. The molecular weight excluding hydrogens is 392 g/mol. The third-order valence-electron chi connectivity index (χ3n) is 4.77. The van der Waals surface area contributed by atoms with Crippen LogP contribution in [0.25, 0.3) is 10.2 Å². The van der Waals surface area contributed by atoms with Gasteiger partial charge < -0.3 is 10.1 Å². The van der Waals surface area contributed by atoms with Crippen LogP contribution in [0.3, 0.4) is 0 Å². The lowest BCUT2D eigenvalue weighted by molar-refractivity contribution is 0.102. The van der Waals surface area contributed by atoms with E-state index in [-0.39, 0.29) is 5.91 Å². The van der Waals surface area contributed by atoms with Gasteiger partial charge in [0, 0.05) is 17.7 Å². The van der Waals surface area contributed by atoms with Crippen molar-refractivity contribution in [1.82, 2.24) is 4.98 Å². The van der Waals surface area contributed by atoms with Crippen LogP contribution in [0.15, 0.2) is 72.8 Å². The predicted octanol–water partition coefficient (Wildman–Crippen LogP) is 6.32. The fraction of sp³-hybridized carbons (Fsp3) is 0.200. The minimum absolute atomic E-state index is 0.144. The number of ether oxygens (including phenoxy) is 1. The van der Waals surface area contributed by atoms with E-state index in [9.17, 15) is 4.79 Å². The number of carbonyl (C=O) groups excluding carboxylic acids is 1. The molecule has 3 aromatic carbocycles. The van der Waals surface area contributed by atoms with Crippen LogP contribution in [0.1, 0.15) is 40.7 Å². The highest BCUT2D eigenvalue weighted by molar-refractivity contribution is 7.18. The minimum Gasteiger partial charge on any atom is -0.494 e. The van der Waals surface area contributed by atoms with E-state index < -0.39 is 0 Å². The molecule has 0 fully saturated rings. The van der Waals surface area contributed by atoms with Gasteiger partial charge in [0.1, 0.15) is 5.75 Å². The highest BCUT2D eigenvalue weighted by atomic mass is 32.1. The zero-order chi connectivity index (χ0) is 20.8. The second-order valence-electron chi connectivity index (χ2n) is 7.13. The molecule has 1 N–H and O–H groups in total. The van der Waals surface area contributed by atoms with Crippen molar-refractivity contribution in [2.24, 2.45) is 0 Å². The van der Waals surface area contributed by atoms with Crippen molar-refractivity contribution in [3.05, 3.63) is 88.9 Å². The number of anilines is 1. The molecule has 1 heterocycles. The van der Waals surface area contributed by atoms with Gasteiger partial charge in [-0.2, -0.15) is 0 Å². The van der Waals surface area contributed by atoms with Crippen molar-refractivity contribution in [3.8, 4) is 5.75 Å². The lowest BCUT2D eigenvalue weighted by Gasteiger charge is -2.09. The Morgan fingerprint density at radius 3 is 2.67 bits per heavy atom. The molecule has 4 nitrogen and oxygen atoms in total. The largest absolute Gasteiger partial charge is 0.494 e. The summed E-state index contributed by atoms with van der Waals surface area (Å²) >= 11 is 1.72. The third-order valence-corrected chi connectivity index (χ3v) is 5.80. The molecular formula is C25H24N2O2S. The predicted molar refractivity (Wildman–Crippen MR) is 124 cm³/mol. The summed E-state index contributed by atoms with van der Waals surface area (Å²) in [4.78, 5) is 17.3. The molecule has 0 saturated heterocycles. The van der Waals surface area contributed by atoms with Crippen LogP contribution in [0, 0.1) is 0 Å². The highest BCUT2D eigenvalue weighted by Gasteiger charge is 2.09. The Morgan fingerprint density at radius 2 is 1.87 bits per heavy atom. The molecule has 1 amide bonds. The van der Waals surface area contributed by atoms with Crippen LogP contribution >= 0.6 is 11.3 Å². The Labute approximate surface area is 180 Å². The monoisotopic (exact) mass is 416 g/mol. The van der Waals surface area contributed by atoms with Gasteiger partial charge >= 0.3 is 0 Å². The van der Waals surface area contributed by atoms with Gasteiger partial charge in [-0.05, 0) is 54.4 Å². The maximum absolute atomic E-state index is 12.6. The molecule has 0 aliphatic rings. The van der Waals surface area contributed by atoms with Crippen molar-refractivity contribution in [3.63, 3.8) is 0 Å². The molecule has 4 rings (SSSR count). The average Bonchev–Trinajstić information content (AvgIpc) is 3.18. The summed E-state index contributed by atoms with van der Waals surface area (Å²) in [5.74, 6) is 0.581. The standard InChI is InChI=1S/C25H24N2O2S/c1-2-3-15-29-21-8-6-7-19(17-21)25(28)26-20-13-11-18(12-14-20)16-24-27-22-9-4-5-10-23(22)30-24/h4-14,17H,2-3,15-16H2,1H3,(H,26,28). The lowest BCUT2D eigenvalue weighted by atomic mass is 10.1. The number of benzene rings is 3. The number of hydrogen-bond acceptors (Lipinski definition) is 4. The summed E-state index contributed by atoms with van der Waals surface area (Å²) in [6.07, 6.45) is 2.86. The molecule has 0 atom stereocenters. The van der Waals surface area contributed by atoms with E-state index in [0.29, 0.717) is 12.2 Å². The van der Waals surface area contributed by atoms with E-state index >= 15 is 0 Å². The van der Waals surface area contributed by atoms with Crippen LogP contribution in [0.2, 0.25) is 0 Å². The number of thiazole rings is 1. The Hall–Kier alpha value is -3.18. The van der Waals surface area contributed by atoms with E-state index in [1.165, 1.54) is 10.3 Å². The molecule has 30 heavy (non-hydrogen) atoms. The molecule has 0 radical (unpaired) electrons. The van der Waals surface area contributed by atoms with E-state index in [1.54, 1.807) is 23.5 Å². The smallest absolute Gasteiger partial charge is 0.255 e. The average molecular weight is 417 g/mol. The van der Waals surface area contributed by atoms with E-state index in [4.69, 9.17) is 9.72 Å². The number of hydrogen-bond donors (Lipinski definition) is 1. The summed E-state index contributed by atoms with van der Waals surface area (Å²) < 4.78 is 6.90.